The molecule has 21 heavy (non-hydrogen) atoms. The Hall–Kier alpha value is -1.04. The third-order valence-electron chi connectivity index (χ3n) is 3.00. The molecule has 1 aromatic carbocycles. The van der Waals surface area contributed by atoms with Gasteiger partial charge in [0.1, 0.15) is 0 Å². The highest BCUT2D eigenvalue weighted by molar-refractivity contribution is 7.98. The Kier molecular flexibility index (Phi) is 6.54. The lowest BCUT2D eigenvalue weighted by Crippen LogP contribution is -2.30. The molecule has 0 radical (unpaired) electrons. The summed E-state index contributed by atoms with van der Waals surface area (Å²) in [6, 6.07) is 10.6. The van der Waals surface area contributed by atoms with E-state index >= 15 is 0 Å². The topological polar surface area (TPSA) is 24.1 Å². The summed E-state index contributed by atoms with van der Waals surface area (Å²) in [6.45, 7) is 5.05. The molecule has 1 aromatic heterocycles. The molecular weight excluding hydrogens is 316 g/mol. The second kappa shape index (κ2) is 8.41. The average Bonchev–Trinajstić information content (AvgIpc) is 2.96. The minimum atomic E-state index is 0.695. The molecule has 0 fully saturated rings. The predicted octanol–water partition coefficient (Wildman–Crippen LogP) is 4.58. The van der Waals surface area contributed by atoms with Crippen LogP contribution in [-0.2, 0) is 5.75 Å². The van der Waals surface area contributed by atoms with Gasteiger partial charge >= 0.3 is 0 Å². The molecule has 0 saturated heterocycles. The first kappa shape index (κ1) is 16.3. The Balaban J connectivity index is 1.66. The summed E-state index contributed by atoms with van der Waals surface area (Å²) in [6.07, 6.45) is 0. The zero-order valence-corrected chi connectivity index (χ0v) is 14.8. The number of hydrogen-bond donors (Lipinski definition) is 2. The number of hydrogen-bond acceptors (Lipinski definition) is 3. The summed E-state index contributed by atoms with van der Waals surface area (Å²) in [5.74, 6) is 2.13. The number of nitrogens with one attached hydrogen (secondary N) is 2. The zero-order valence-electron chi connectivity index (χ0n) is 12.3. The summed E-state index contributed by atoms with van der Waals surface area (Å²) < 4.78 is 0. The van der Waals surface area contributed by atoms with Crippen LogP contribution in [0.5, 0.6) is 0 Å². The van der Waals surface area contributed by atoms with Crippen molar-refractivity contribution in [3.63, 3.8) is 0 Å². The number of thioether (sulfide) groups is 1. The lowest BCUT2D eigenvalue weighted by Gasteiger charge is -2.13. The molecule has 0 aliphatic heterocycles. The lowest BCUT2D eigenvalue weighted by molar-refractivity contribution is 0.989. The molecule has 2 rings (SSSR count). The van der Waals surface area contributed by atoms with Crippen LogP contribution >= 0.6 is 35.3 Å². The van der Waals surface area contributed by atoms with Crippen LogP contribution in [0.15, 0.2) is 35.7 Å². The van der Waals surface area contributed by atoms with Gasteiger partial charge in [0, 0.05) is 28.6 Å². The molecule has 0 aliphatic rings. The molecule has 0 bridgehead atoms. The van der Waals surface area contributed by atoms with E-state index in [9.17, 15) is 0 Å². The fraction of sp³-hybridized carbons (Fsp3) is 0.312. The maximum Gasteiger partial charge on any atom is 0.170 e. The summed E-state index contributed by atoms with van der Waals surface area (Å²) in [7, 11) is 0. The van der Waals surface area contributed by atoms with E-state index in [1.54, 1.807) is 0 Å². The van der Waals surface area contributed by atoms with Crippen molar-refractivity contribution in [2.45, 2.75) is 19.6 Å². The minimum absolute atomic E-state index is 0.695. The molecule has 1 heterocycles. The second-order valence-electron chi connectivity index (χ2n) is 4.83. The van der Waals surface area contributed by atoms with Gasteiger partial charge < -0.3 is 10.6 Å². The molecule has 2 N–H and O–H groups in total. The molecular formula is C16H20N2S3. The lowest BCUT2D eigenvalue weighted by atomic mass is 10.1. The van der Waals surface area contributed by atoms with E-state index in [1.807, 2.05) is 23.1 Å². The van der Waals surface area contributed by atoms with E-state index in [0.717, 1.165) is 23.7 Å². The van der Waals surface area contributed by atoms with Gasteiger partial charge in [0.15, 0.2) is 5.11 Å². The van der Waals surface area contributed by atoms with E-state index < -0.39 is 0 Å². The van der Waals surface area contributed by atoms with Crippen molar-refractivity contribution in [1.29, 1.82) is 0 Å². The molecule has 0 unspecified atom stereocenters. The van der Waals surface area contributed by atoms with Crippen LogP contribution in [0.4, 0.5) is 5.69 Å². The Morgan fingerprint density at radius 2 is 2.14 bits per heavy atom. The number of rotatable bonds is 6. The minimum Gasteiger partial charge on any atom is -0.362 e. The summed E-state index contributed by atoms with van der Waals surface area (Å²) >= 11 is 9.08. The van der Waals surface area contributed by atoms with Crippen LogP contribution in [0.3, 0.4) is 0 Å². The molecule has 0 saturated carbocycles. The van der Waals surface area contributed by atoms with Gasteiger partial charge in [0.05, 0.1) is 0 Å². The van der Waals surface area contributed by atoms with Crippen molar-refractivity contribution in [2.75, 3.05) is 17.6 Å². The summed E-state index contributed by atoms with van der Waals surface area (Å²) in [4.78, 5) is 1.43. The SMILES string of the molecule is Cc1ccc(C)c(NC(=S)NCCSCc2cccs2)c1. The number of benzene rings is 1. The Morgan fingerprint density at radius 3 is 2.90 bits per heavy atom. The molecule has 112 valence electrons. The molecule has 5 heteroatoms. The fourth-order valence-electron chi connectivity index (χ4n) is 1.84. The highest BCUT2D eigenvalue weighted by Crippen LogP contribution is 2.17. The average molecular weight is 337 g/mol. The van der Waals surface area contributed by atoms with Gasteiger partial charge in [-0.3, -0.25) is 0 Å². The Labute approximate surface area is 140 Å². The van der Waals surface area contributed by atoms with E-state index in [0.29, 0.717) is 5.11 Å². The van der Waals surface area contributed by atoms with E-state index in [4.69, 9.17) is 12.2 Å². The standard InChI is InChI=1S/C16H20N2S3/c1-12-5-6-13(2)15(10-12)18-16(19)17-7-9-20-11-14-4-3-8-21-14/h3-6,8,10H,7,9,11H2,1-2H3,(H2,17,18,19). The summed E-state index contributed by atoms with van der Waals surface area (Å²) in [5, 5.41) is 9.35. The third kappa shape index (κ3) is 5.69. The predicted molar refractivity (Wildman–Crippen MR) is 101 cm³/mol. The first-order valence-corrected chi connectivity index (χ1v) is 9.31. The first-order valence-electron chi connectivity index (χ1n) is 6.87. The monoisotopic (exact) mass is 336 g/mol. The smallest absolute Gasteiger partial charge is 0.170 e. The molecule has 0 spiro atoms. The van der Waals surface area contributed by atoms with Gasteiger partial charge in [0.2, 0.25) is 0 Å². The molecule has 2 aromatic rings. The quantitative estimate of drug-likeness (QED) is 0.595. The van der Waals surface area contributed by atoms with Crippen LogP contribution in [0.25, 0.3) is 0 Å². The highest BCUT2D eigenvalue weighted by Gasteiger charge is 2.01. The summed E-state index contributed by atoms with van der Waals surface area (Å²) in [5.41, 5.74) is 3.52. The Morgan fingerprint density at radius 1 is 1.29 bits per heavy atom. The second-order valence-corrected chi connectivity index (χ2v) is 7.38. The van der Waals surface area contributed by atoms with Crippen LogP contribution in [-0.4, -0.2) is 17.4 Å². The molecule has 2 nitrogen and oxygen atoms in total. The van der Waals surface area contributed by atoms with Crippen LogP contribution in [0.2, 0.25) is 0 Å². The normalized spacial score (nSPS) is 10.4. The van der Waals surface area contributed by atoms with Gasteiger partial charge in [0.25, 0.3) is 0 Å². The number of thiophene rings is 1. The van der Waals surface area contributed by atoms with E-state index in [2.05, 4.69) is 60.2 Å². The Bertz CT molecular complexity index is 579. The third-order valence-corrected chi connectivity index (χ3v) is 5.31. The number of anilines is 1. The maximum absolute atomic E-state index is 5.34. The van der Waals surface area contributed by atoms with Gasteiger partial charge in [-0.2, -0.15) is 11.8 Å². The van der Waals surface area contributed by atoms with Crippen molar-refractivity contribution in [3.05, 3.63) is 51.7 Å². The van der Waals surface area contributed by atoms with Gasteiger partial charge in [-0.15, -0.1) is 11.3 Å². The van der Waals surface area contributed by atoms with Crippen molar-refractivity contribution in [2.24, 2.45) is 0 Å². The highest BCUT2D eigenvalue weighted by atomic mass is 32.2. The zero-order chi connectivity index (χ0) is 15.1. The number of aryl methyl sites for hydroxylation is 2. The van der Waals surface area contributed by atoms with Gasteiger partial charge in [-0.05, 0) is 54.7 Å². The van der Waals surface area contributed by atoms with Crippen molar-refractivity contribution in [1.82, 2.24) is 5.32 Å². The van der Waals surface area contributed by atoms with Gasteiger partial charge in [-0.1, -0.05) is 18.2 Å². The van der Waals surface area contributed by atoms with Crippen LogP contribution in [0.1, 0.15) is 16.0 Å². The van der Waals surface area contributed by atoms with E-state index in [1.165, 1.54) is 16.0 Å². The van der Waals surface area contributed by atoms with Crippen molar-refractivity contribution < 1.29 is 0 Å². The van der Waals surface area contributed by atoms with Crippen molar-refractivity contribution in [3.8, 4) is 0 Å². The molecule has 0 amide bonds. The largest absolute Gasteiger partial charge is 0.362 e. The van der Waals surface area contributed by atoms with Crippen LogP contribution in [0, 0.1) is 13.8 Å². The van der Waals surface area contributed by atoms with E-state index in [-0.39, 0.29) is 0 Å². The number of thiocarbonyl (C=S) groups is 1. The first-order chi connectivity index (χ1) is 10.1. The van der Waals surface area contributed by atoms with Crippen molar-refractivity contribution >= 4 is 46.1 Å². The molecule has 0 aliphatic carbocycles. The molecule has 0 atom stereocenters. The van der Waals surface area contributed by atoms with Crippen LogP contribution < -0.4 is 10.6 Å². The fourth-order valence-corrected chi connectivity index (χ4v) is 3.75. The van der Waals surface area contributed by atoms with Gasteiger partial charge in [-0.25, -0.2) is 0 Å². The maximum atomic E-state index is 5.34.